The maximum absolute atomic E-state index is 13.7. The zero-order chi connectivity index (χ0) is 16.2. The van der Waals surface area contributed by atoms with Crippen LogP contribution < -0.4 is 0 Å². The molecule has 0 saturated carbocycles. The number of piperidine rings is 1. The van der Waals surface area contributed by atoms with Gasteiger partial charge in [0.2, 0.25) is 0 Å². The van der Waals surface area contributed by atoms with Crippen molar-refractivity contribution in [2.45, 2.75) is 31.9 Å². The molecule has 1 amide bonds. The Labute approximate surface area is 138 Å². The van der Waals surface area contributed by atoms with E-state index >= 15 is 0 Å². The summed E-state index contributed by atoms with van der Waals surface area (Å²) in [5, 5.41) is 2.90. The predicted molar refractivity (Wildman–Crippen MR) is 86.9 cm³/mol. The van der Waals surface area contributed by atoms with Gasteiger partial charge >= 0.3 is 0 Å². The van der Waals surface area contributed by atoms with Crippen LogP contribution in [-0.2, 0) is 11.3 Å². The maximum atomic E-state index is 13.7. The largest absolute Gasteiger partial charge is 0.380 e. The van der Waals surface area contributed by atoms with Crippen LogP contribution in [0.4, 0.5) is 4.39 Å². The molecule has 0 radical (unpaired) electrons. The molecule has 0 bridgehead atoms. The molecule has 1 aromatic carbocycles. The second kappa shape index (κ2) is 7.19. The fraction of sp³-hybridized carbons (Fsp3) is 0.412. The van der Waals surface area contributed by atoms with E-state index < -0.39 is 0 Å². The number of thiazole rings is 1. The molecule has 23 heavy (non-hydrogen) atoms. The van der Waals surface area contributed by atoms with Gasteiger partial charge < -0.3 is 9.64 Å². The molecule has 0 spiro atoms. The fourth-order valence-corrected chi connectivity index (χ4v) is 3.76. The molecule has 2 heterocycles. The first-order valence-electron chi connectivity index (χ1n) is 7.68. The van der Waals surface area contributed by atoms with Crippen molar-refractivity contribution in [1.29, 1.82) is 0 Å². The summed E-state index contributed by atoms with van der Waals surface area (Å²) in [6.07, 6.45) is 4.77. The summed E-state index contributed by atoms with van der Waals surface area (Å²) in [5.41, 5.74) is 0.906. The average molecular weight is 334 g/mol. The van der Waals surface area contributed by atoms with Gasteiger partial charge in [0.1, 0.15) is 10.8 Å². The number of ether oxygens (including phenoxy) is 1. The number of carbonyl (C=O) groups is 1. The Morgan fingerprint density at radius 1 is 1.48 bits per heavy atom. The number of aromatic nitrogens is 1. The van der Waals surface area contributed by atoms with Gasteiger partial charge in [-0.1, -0.05) is 0 Å². The van der Waals surface area contributed by atoms with Gasteiger partial charge in [-0.3, -0.25) is 4.79 Å². The summed E-state index contributed by atoms with van der Waals surface area (Å²) in [7, 11) is 1.51. The van der Waals surface area contributed by atoms with E-state index in [1.807, 2.05) is 10.3 Å². The number of nitrogens with zero attached hydrogens (tertiary/aromatic N) is 2. The van der Waals surface area contributed by atoms with Gasteiger partial charge in [-0.25, -0.2) is 9.37 Å². The fourth-order valence-electron chi connectivity index (χ4n) is 2.97. The Balaban J connectivity index is 1.87. The Bertz CT molecular complexity index is 675. The molecule has 1 fully saturated rings. The first-order chi connectivity index (χ1) is 11.2. The molecule has 0 unspecified atom stereocenters. The van der Waals surface area contributed by atoms with Gasteiger partial charge in [-0.2, -0.15) is 0 Å². The lowest BCUT2D eigenvalue weighted by Crippen LogP contribution is -2.38. The highest BCUT2D eigenvalue weighted by Crippen LogP contribution is 2.33. The number of rotatable bonds is 4. The van der Waals surface area contributed by atoms with E-state index in [4.69, 9.17) is 4.74 Å². The highest BCUT2D eigenvalue weighted by molar-refractivity contribution is 7.09. The minimum absolute atomic E-state index is 0.0205. The molecule has 1 saturated heterocycles. The highest BCUT2D eigenvalue weighted by Gasteiger charge is 2.30. The van der Waals surface area contributed by atoms with Crippen LogP contribution in [0.5, 0.6) is 0 Å². The van der Waals surface area contributed by atoms with Crippen LogP contribution in [0.15, 0.2) is 29.8 Å². The topological polar surface area (TPSA) is 42.4 Å². The summed E-state index contributed by atoms with van der Waals surface area (Å²) in [6, 6.07) is 4.50. The van der Waals surface area contributed by atoms with Crippen LogP contribution in [-0.4, -0.2) is 29.4 Å². The van der Waals surface area contributed by atoms with E-state index in [0.717, 1.165) is 24.3 Å². The number of hydrogen-bond donors (Lipinski definition) is 0. The van der Waals surface area contributed by atoms with Gasteiger partial charge in [-0.15, -0.1) is 11.3 Å². The van der Waals surface area contributed by atoms with Crippen molar-refractivity contribution in [2.24, 2.45) is 0 Å². The molecule has 1 aliphatic heterocycles. The van der Waals surface area contributed by atoms with Gasteiger partial charge in [0.05, 0.1) is 12.6 Å². The Kier molecular flexibility index (Phi) is 5.03. The lowest BCUT2D eigenvalue weighted by molar-refractivity contribution is 0.0611. The highest BCUT2D eigenvalue weighted by atomic mass is 32.1. The summed E-state index contributed by atoms with van der Waals surface area (Å²) in [4.78, 5) is 19.2. The average Bonchev–Trinajstić information content (AvgIpc) is 3.11. The second-order valence-electron chi connectivity index (χ2n) is 5.62. The Hall–Kier alpha value is -1.79. The van der Waals surface area contributed by atoms with Crippen molar-refractivity contribution in [1.82, 2.24) is 9.88 Å². The first kappa shape index (κ1) is 16.1. The predicted octanol–water partition coefficient (Wildman–Crippen LogP) is 3.80. The number of carbonyl (C=O) groups excluding carboxylic acids is 1. The number of benzene rings is 1. The van der Waals surface area contributed by atoms with E-state index in [-0.39, 0.29) is 24.4 Å². The van der Waals surface area contributed by atoms with Crippen LogP contribution >= 0.6 is 11.3 Å². The molecule has 4 nitrogen and oxygen atoms in total. The number of amides is 1. The molecule has 3 rings (SSSR count). The number of methoxy groups -OCH3 is 1. The van der Waals surface area contributed by atoms with Crippen LogP contribution in [0.3, 0.4) is 0 Å². The van der Waals surface area contributed by atoms with Crippen LogP contribution in [0, 0.1) is 5.82 Å². The van der Waals surface area contributed by atoms with Gasteiger partial charge in [0, 0.05) is 36.4 Å². The van der Waals surface area contributed by atoms with Crippen molar-refractivity contribution in [3.63, 3.8) is 0 Å². The van der Waals surface area contributed by atoms with Gasteiger partial charge in [0.15, 0.2) is 0 Å². The minimum atomic E-state index is -0.349. The zero-order valence-corrected chi connectivity index (χ0v) is 13.8. The van der Waals surface area contributed by atoms with Crippen molar-refractivity contribution < 1.29 is 13.9 Å². The lowest BCUT2D eigenvalue weighted by Gasteiger charge is -2.34. The quantitative estimate of drug-likeness (QED) is 0.854. The molecule has 1 aliphatic rings. The molecule has 0 aliphatic carbocycles. The number of likely N-dealkylation sites (tertiary alicyclic amines) is 1. The number of hydrogen-bond acceptors (Lipinski definition) is 4. The molecule has 2 aromatic rings. The molecule has 1 aromatic heterocycles. The van der Waals surface area contributed by atoms with Crippen LogP contribution in [0.2, 0.25) is 0 Å². The standard InChI is InChI=1S/C17H19FN2O2S/c1-22-11-13-10-12(5-6-14(13)18)17(21)20-8-3-2-4-15(20)16-19-7-9-23-16/h5-7,9-10,15H,2-4,8,11H2,1H3/t15-/m0/s1. The van der Waals surface area contributed by atoms with Gasteiger partial charge in [0.25, 0.3) is 5.91 Å². The summed E-state index contributed by atoms with van der Waals surface area (Å²) >= 11 is 1.57. The third-order valence-electron chi connectivity index (χ3n) is 4.09. The van der Waals surface area contributed by atoms with Crippen molar-refractivity contribution >= 4 is 17.2 Å². The minimum Gasteiger partial charge on any atom is -0.380 e. The monoisotopic (exact) mass is 334 g/mol. The first-order valence-corrected chi connectivity index (χ1v) is 8.56. The van der Waals surface area contributed by atoms with E-state index in [0.29, 0.717) is 17.7 Å². The van der Waals surface area contributed by atoms with E-state index in [2.05, 4.69) is 4.98 Å². The molecular formula is C17H19FN2O2S. The molecule has 122 valence electrons. The molecule has 1 atom stereocenters. The van der Waals surface area contributed by atoms with Gasteiger partial charge in [-0.05, 0) is 37.5 Å². The van der Waals surface area contributed by atoms with Crippen molar-refractivity contribution in [3.8, 4) is 0 Å². The third kappa shape index (κ3) is 3.43. The molecular weight excluding hydrogens is 315 g/mol. The van der Waals surface area contributed by atoms with Crippen molar-refractivity contribution in [3.05, 3.63) is 51.7 Å². The van der Waals surface area contributed by atoms with E-state index in [9.17, 15) is 9.18 Å². The summed E-state index contributed by atoms with van der Waals surface area (Å²) in [6.45, 7) is 0.864. The SMILES string of the molecule is COCc1cc(C(=O)N2CCCC[C@H]2c2nccs2)ccc1F. The van der Waals surface area contributed by atoms with Crippen LogP contribution in [0.25, 0.3) is 0 Å². The van der Waals surface area contributed by atoms with Crippen molar-refractivity contribution in [2.75, 3.05) is 13.7 Å². The van der Waals surface area contributed by atoms with E-state index in [1.54, 1.807) is 29.7 Å². The van der Waals surface area contributed by atoms with E-state index in [1.165, 1.54) is 13.2 Å². The molecule has 6 heteroatoms. The normalized spacial score (nSPS) is 18.2. The Morgan fingerprint density at radius 3 is 3.09 bits per heavy atom. The zero-order valence-electron chi connectivity index (χ0n) is 13.0. The maximum Gasteiger partial charge on any atom is 0.254 e. The Morgan fingerprint density at radius 2 is 2.35 bits per heavy atom. The summed E-state index contributed by atoms with van der Waals surface area (Å²) < 4.78 is 18.7. The second-order valence-corrected chi connectivity index (χ2v) is 6.55. The molecule has 0 N–H and O–H groups in total. The summed E-state index contributed by atoms with van der Waals surface area (Å²) in [5.74, 6) is -0.416. The number of halogens is 1. The smallest absolute Gasteiger partial charge is 0.254 e. The lowest BCUT2D eigenvalue weighted by atomic mass is 10.0. The third-order valence-corrected chi connectivity index (χ3v) is 4.97. The van der Waals surface area contributed by atoms with Crippen LogP contribution in [0.1, 0.15) is 46.2 Å².